The molecule has 1 heterocycles. The fourth-order valence-electron chi connectivity index (χ4n) is 2.32. The second-order valence-electron chi connectivity index (χ2n) is 4.64. The van der Waals surface area contributed by atoms with Crippen molar-refractivity contribution in [2.24, 2.45) is 7.05 Å². The molecule has 0 aliphatic heterocycles. The number of aromatic nitrogens is 2. The van der Waals surface area contributed by atoms with E-state index in [1.165, 1.54) is 16.4 Å². The van der Waals surface area contributed by atoms with Crippen molar-refractivity contribution in [3.05, 3.63) is 51.9 Å². The second kappa shape index (κ2) is 7.12. The minimum atomic E-state index is -4.69. The number of nitrogens with zero attached hydrogens (tertiary/aromatic N) is 2. The summed E-state index contributed by atoms with van der Waals surface area (Å²) in [6.07, 6.45) is 0. The van der Waals surface area contributed by atoms with Crippen LogP contribution < -0.4 is 40.4 Å². The number of nitrogens with one attached hydrogen (secondary N) is 1. The Morgan fingerprint density at radius 3 is 2.23 bits per heavy atom. The number of hydrogen-bond donors (Lipinski definition) is 1. The molecule has 2 rings (SSSR count). The molecular formula is C13H16N3NaO4S. The monoisotopic (exact) mass is 333 g/mol. The van der Waals surface area contributed by atoms with Gasteiger partial charge in [0.1, 0.15) is 15.5 Å². The third-order valence-electron chi connectivity index (χ3n) is 3.41. The molecule has 0 aliphatic carbocycles. The molecule has 7 nitrogen and oxygen atoms in total. The van der Waals surface area contributed by atoms with E-state index in [1.54, 1.807) is 38.2 Å². The van der Waals surface area contributed by atoms with Gasteiger partial charge in [-0.1, -0.05) is 18.2 Å². The average molecular weight is 333 g/mol. The van der Waals surface area contributed by atoms with E-state index in [9.17, 15) is 17.8 Å². The van der Waals surface area contributed by atoms with Crippen LogP contribution in [0.3, 0.4) is 0 Å². The first-order valence-corrected chi connectivity index (χ1v) is 7.72. The van der Waals surface area contributed by atoms with Crippen molar-refractivity contribution in [3.63, 3.8) is 0 Å². The summed E-state index contributed by atoms with van der Waals surface area (Å²) in [6, 6.07) is 8.80. The Kier molecular flexibility index (Phi) is 6.19. The van der Waals surface area contributed by atoms with Gasteiger partial charge in [0.15, 0.2) is 0 Å². The summed E-state index contributed by atoms with van der Waals surface area (Å²) in [5.74, 6) is 0. The van der Waals surface area contributed by atoms with Gasteiger partial charge in [0.25, 0.3) is 5.56 Å². The Labute approximate surface area is 151 Å². The fraction of sp³-hybridized carbons (Fsp3) is 0.308. The summed E-state index contributed by atoms with van der Waals surface area (Å²) in [5, 5.41) is 0.836. The molecule has 1 N–H and O–H groups in total. The van der Waals surface area contributed by atoms with E-state index in [-0.39, 0.29) is 35.1 Å². The zero-order valence-corrected chi connectivity index (χ0v) is 15.7. The van der Waals surface area contributed by atoms with E-state index >= 15 is 0 Å². The Hall–Kier alpha value is -0.900. The predicted molar refractivity (Wildman–Crippen MR) is 77.2 cm³/mol. The number of rotatable bonds is 4. The van der Waals surface area contributed by atoms with Crippen molar-refractivity contribution in [2.75, 3.05) is 7.05 Å². The third kappa shape index (κ3) is 3.37. The summed E-state index contributed by atoms with van der Waals surface area (Å²) >= 11 is 0. The van der Waals surface area contributed by atoms with Crippen molar-refractivity contribution in [3.8, 4) is 5.69 Å². The van der Waals surface area contributed by atoms with E-state index in [0.29, 0.717) is 11.4 Å². The topological polar surface area (TPSA) is 96.2 Å². The summed E-state index contributed by atoms with van der Waals surface area (Å²) in [6.45, 7) is 1.60. The van der Waals surface area contributed by atoms with Crippen LogP contribution in [0.15, 0.2) is 35.1 Å². The molecule has 1 aromatic heterocycles. The fourth-order valence-corrected chi connectivity index (χ4v) is 3.17. The third-order valence-corrected chi connectivity index (χ3v) is 4.46. The average Bonchev–Trinajstić information content (AvgIpc) is 2.63. The van der Waals surface area contributed by atoms with Crippen LogP contribution in [0.2, 0.25) is 0 Å². The number of hydrogen-bond acceptors (Lipinski definition) is 5. The van der Waals surface area contributed by atoms with Crippen LogP contribution in [0.4, 0.5) is 0 Å². The van der Waals surface area contributed by atoms with Gasteiger partial charge in [-0.05, 0) is 26.1 Å². The molecule has 22 heavy (non-hydrogen) atoms. The van der Waals surface area contributed by atoms with Gasteiger partial charge in [-0.2, -0.15) is 0 Å². The van der Waals surface area contributed by atoms with Crippen LogP contribution in [-0.4, -0.2) is 29.4 Å². The molecule has 114 valence electrons. The Balaban J connectivity index is 0.00000242. The van der Waals surface area contributed by atoms with Crippen LogP contribution in [0.5, 0.6) is 0 Å². The van der Waals surface area contributed by atoms with E-state index in [1.807, 2.05) is 6.07 Å². The van der Waals surface area contributed by atoms with Crippen LogP contribution in [0.1, 0.15) is 16.6 Å². The van der Waals surface area contributed by atoms with Crippen molar-refractivity contribution >= 4 is 10.1 Å². The maximum absolute atomic E-state index is 12.6. The summed E-state index contributed by atoms with van der Waals surface area (Å²) in [5.41, 5.74) is 0.430. The molecule has 9 heteroatoms. The molecule has 0 aliphatic rings. The zero-order chi connectivity index (χ0) is 15.8. The van der Waals surface area contributed by atoms with Gasteiger partial charge in [0, 0.05) is 12.7 Å². The number of benzene rings is 1. The molecule has 1 unspecified atom stereocenters. The van der Waals surface area contributed by atoms with Crippen LogP contribution in [0.25, 0.3) is 5.69 Å². The van der Waals surface area contributed by atoms with Crippen molar-refractivity contribution in [2.45, 2.75) is 12.3 Å². The predicted octanol–water partition coefficient (Wildman–Crippen LogP) is -2.75. The van der Waals surface area contributed by atoms with E-state index < -0.39 is 21.1 Å². The molecule has 0 saturated heterocycles. The molecule has 1 aromatic carbocycles. The van der Waals surface area contributed by atoms with Crippen LogP contribution in [0, 0.1) is 6.92 Å². The van der Waals surface area contributed by atoms with E-state index in [4.69, 9.17) is 0 Å². The Morgan fingerprint density at radius 2 is 1.77 bits per heavy atom. The summed E-state index contributed by atoms with van der Waals surface area (Å²) < 4.78 is 36.9. The summed E-state index contributed by atoms with van der Waals surface area (Å²) in [7, 11) is -1.72. The molecule has 0 bridgehead atoms. The van der Waals surface area contributed by atoms with Gasteiger partial charge in [0.05, 0.1) is 11.3 Å². The second-order valence-corrected chi connectivity index (χ2v) is 6.09. The zero-order valence-electron chi connectivity index (χ0n) is 12.9. The minimum Gasteiger partial charge on any atom is -0.746 e. The molecule has 0 radical (unpaired) electrons. The summed E-state index contributed by atoms with van der Waals surface area (Å²) in [4.78, 5) is 12.6. The molecular weight excluding hydrogens is 317 g/mol. The van der Waals surface area contributed by atoms with Crippen molar-refractivity contribution in [1.29, 1.82) is 0 Å². The van der Waals surface area contributed by atoms with Gasteiger partial charge >= 0.3 is 29.6 Å². The Bertz CT molecular complexity index is 812. The SMILES string of the molecule is CNC(c1c(C)n(C)n(-c2ccccc2)c1=O)S(=O)(=O)[O-].[Na+]. The standard InChI is InChI=1S/C13H17N3O4S.Na/c1-9-11(12(14-2)21(18,19)20)13(17)16(15(9)3)10-7-5-4-6-8-10;/h4-8,12,14H,1-3H3,(H,18,19,20);/q;+1/p-1. The molecule has 1 atom stereocenters. The van der Waals surface area contributed by atoms with Gasteiger partial charge in [-0.15, -0.1) is 0 Å². The largest absolute Gasteiger partial charge is 1.00 e. The molecule has 0 fully saturated rings. The molecule has 0 saturated carbocycles. The first kappa shape index (κ1) is 19.1. The van der Waals surface area contributed by atoms with Crippen LogP contribution in [-0.2, 0) is 17.2 Å². The van der Waals surface area contributed by atoms with Gasteiger partial charge < -0.3 is 9.87 Å². The quantitative estimate of drug-likeness (QED) is 0.483. The van der Waals surface area contributed by atoms with E-state index in [2.05, 4.69) is 5.32 Å². The van der Waals surface area contributed by atoms with Gasteiger partial charge in [-0.25, -0.2) is 13.1 Å². The van der Waals surface area contributed by atoms with Crippen molar-refractivity contribution in [1.82, 2.24) is 14.7 Å². The van der Waals surface area contributed by atoms with Crippen LogP contribution >= 0.6 is 0 Å². The first-order valence-electron chi connectivity index (χ1n) is 6.25. The normalized spacial score (nSPS) is 12.7. The number of para-hydroxylation sites is 1. The molecule has 0 spiro atoms. The minimum absolute atomic E-state index is 0. The van der Waals surface area contributed by atoms with Gasteiger partial charge in [-0.3, -0.25) is 9.48 Å². The first-order chi connectivity index (χ1) is 9.79. The van der Waals surface area contributed by atoms with Gasteiger partial charge in [0.2, 0.25) is 0 Å². The molecule has 2 aromatic rings. The maximum Gasteiger partial charge on any atom is 1.00 e. The smallest absolute Gasteiger partial charge is 0.746 e. The Morgan fingerprint density at radius 1 is 1.23 bits per heavy atom. The van der Waals surface area contributed by atoms with E-state index in [0.717, 1.165) is 0 Å². The van der Waals surface area contributed by atoms with Crippen molar-refractivity contribution < 1.29 is 42.5 Å². The maximum atomic E-state index is 12.6. The molecule has 0 amide bonds.